The van der Waals surface area contributed by atoms with Crippen molar-refractivity contribution >= 4 is 14.1 Å². The molecule has 39 heavy (non-hydrogen) atoms. The van der Waals surface area contributed by atoms with Crippen LogP contribution in [0.5, 0.6) is 11.5 Å². The number of esters is 1. The number of carbonyl (C=O) groups is 1. The van der Waals surface area contributed by atoms with Gasteiger partial charge in [0.05, 0.1) is 13.7 Å². The molecule has 0 bridgehead atoms. The second kappa shape index (κ2) is 13.3. The number of ether oxygens (including phenoxy) is 3. The molecule has 0 spiro atoms. The van der Waals surface area contributed by atoms with Crippen molar-refractivity contribution in [1.82, 2.24) is 14.4 Å². The fourth-order valence-electron chi connectivity index (χ4n) is 3.68. The van der Waals surface area contributed by atoms with Crippen LogP contribution in [-0.4, -0.2) is 69.7 Å². The number of alkyl halides is 1. The molecular weight excluding hydrogens is 540 g/mol. The van der Waals surface area contributed by atoms with Crippen molar-refractivity contribution < 1.29 is 42.4 Å². The monoisotopic (exact) mass is 572 g/mol. The Bertz CT molecular complexity index is 1250. The van der Waals surface area contributed by atoms with Crippen LogP contribution in [0.1, 0.15) is 39.8 Å². The summed E-state index contributed by atoms with van der Waals surface area (Å²) in [6, 6.07) is 6.05. The van der Waals surface area contributed by atoms with Crippen LogP contribution in [-0.2, 0) is 23.4 Å². The highest BCUT2D eigenvalue weighted by atomic mass is 31.1. The molecule has 2 aromatic rings. The first-order valence-electron chi connectivity index (χ1n) is 12.2. The van der Waals surface area contributed by atoms with Gasteiger partial charge in [-0.3, -0.25) is 19.1 Å². The number of carbonyl (C=O) groups excluding carboxylic acids is 1. The van der Waals surface area contributed by atoms with E-state index >= 15 is 4.39 Å². The lowest BCUT2D eigenvalue weighted by Gasteiger charge is -2.24. The number of hydrogen-bond donors (Lipinski definition) is 2. The third kappa shape index (κ3) is 7.28. The Morgan fingerprint density at radius 1 is 1.28 bits per heavy atom. The summed E-state index contributed by atoms with van der Waals surface area (Å²) in [6.45, 7) is 3.93. The lowest BCUT2D eigenvalue weighted by molar-refractivity contribution is -0.155. The number of H-pyrrole nitrogens is 1. The number of halogens is 1. The Morgan fingerprint density at radius 3 is 2.56 bits per heavy atom. The average molecular weight is 573 g/mol. The van der Waals surface area contributed by atoms with E-state index in [1.54, 1.807) is 12.1 Å². The number of hydroxylamine groups is 1. The van der Waals surface area contributed by atoms with Crippen LogP contribution in [0.15, 0.2) is 46.1 Å². The van der Waals surface area contributed by atoms with Crippen molar-refractivity contribution in [2.24, 2.45) is 0 Å². The number of unbranched alkanes of at least 4 members (excludes halogenated alkanes) is 1. The van der Waals surface area contributed by atoms with Gasteiger partial charge in [0.25, 0.3) is 5.56 Å². The minimum Gasteiger partial charge on any atom is -0.497 e. The van der Waals surface area contributed by atoms with E-state index in [0.717, 1.165) is 35.0 Å². The minimum absolute atomic E-state index is 0.163. The Morgan fingerprint density at radius 2 is 1.95 bits per heavy atom. The lowest BCUT2D eigenvalue weighted by atomic mass is 9.98. The molecule has 0 aliphatic carbocycles. The molecule has 13 nitrogen and oxygen atoms in total. The summed E-state index contributed by atoms with van der Waals surface area (Å²) in [5.41, 5.74) is -4.10. The van der Waals surface area contributed by atoms with Crippen LogP contribution in [0.4, 0.5) is 4.39 Å². The van der Waals surface area contributed by atoms with Crippen molar-refractivity contribution in [3.05, 3.63) is 57.4 Å². The maximum atomic E-state index is 15.4. The summed E-state index contributed by atoms with van der Waals surface area (Å²) in [5, 5.41) is 10.6. The van der Waals surface area contributed by atoms with Crippen molar-refractivity contribution in [2.75, 3.05) is 20.3 Å². The fraction of sp³-hybridized carbons (Fsp3) is 0.542. The average Bonchev–Trinajstić information content (AvgIpc) is 3.13. The van der Waals surface area contributed by atoms with E-state index in [0.29, 0.717) is 12.2 Å². The van der Waals surface area contributed by atoms with E-state index < -0.39 is 62.2 Å². The zero-order chi connectivity index (χ0) is 28.7. The van der Waals surface area contributed by atoms with E-state index in [2.05, 4.69) is 0 Å². The Labute approximate surface area is 224 Å². The van der Waals surface area contributed by atoms with Gasteiger partial charge in [-0.05, 0) is 49.1 Å². The van der Waals surface area contributed by atoms with Crippen LogP contribution in [0.25, 0.3) is 0 Å². The number of nitrogens with one attached hydrogen (secondary N) is 1. The van der Waals surface area contributed by atoms with Gasteiger partial charge < -0.3 is 24.2 Å². The van der Waals surface area contributed by atoms with Gasteiger partial charge in [-0.2, -0.15) is 0 Å². The quantitative estimate of drug-likeness (QED) is 0.157. The number of rotatable bonds is 13. The molecule has 0 radical (unpaired) electrons. The van der Waals surface area contributed by atoms with Crippen molar-refractivity contribution in [3.63, 3.8) is 0 Å². The van der Waals surface area contributed by atoms with Crippen molar-refractivity contribution in [3.8, 4) is 11.5 Å². The molecule has 2 unspecified atom stereocenters. The van der Waals surface area contributed by atoms with Crippen molar-refractivity contribution in [2.45, 2.75) is 63.8 Å². The maximum absolute atomic E-state index is 15.4. The van der Waals surface area contributed by atoms with Crippen LogP contribution in [0, 0.1) is 0 Å². The number of methoxy groups -OCH3 is 1. The SMILES string of the molecule is CCCCOC(=O)C(C)N(Oc1ccc(OC)cc1)[P+](=O)OC[C@H]1O[C@@H](n2ccc(=O)[nH]c2=O)[C@](C)(F)[C@@H]1O. The van der Waals surface area contributed by atoms with Gasteiger partial charge >= 0.3 is 19.8 Å². The van der Waals surface area contributed by atoms with Crippen LogP contribution in [0.3, 0.4) is 0 Å². The highest BCUT2D eigenvalue weighted by Gasteiger charge is 2.56. The van der Waals surface area contributed by atoms with Crippen LogP contribution >= 0.6 is 8.18 Å². The topological polar surface area (TPSA) is 159 Å². The number of aliphatic hydroxyl groups is 1. The largest absolute Gasteiger partial charge is 0.653 e. The van der Waals surface area contributed by atoms with E-state index in [1.165, 1.54) is 26.2 Å². The van der Waals surface area contributed by atoms with Gasteiger partial charge in [-0.25, -0.2) is 9.18 Å². The molecule has 1 saturated heterocycles. The van der Waals surface area contributed by atoms with Crippen LogP contribution in [0.2, 0.25) is 0 Å². The van der Waals surface area contributed by atoms with Gasteiger partial charge in [0.1, 0.15) is 29.4 Å². The maximum Gasteiger partial charge on any atom is 0.653 e. The molecule has 2 N–H and O–H groups in total. The number of benzene rings is 1. The zero-order valence-electron chi connectivity index (χ0n) is 21.9. The van der Waals surface area contributed by atoms with E-state index in [-0.39, 0.29) is 12.4 Å². The predicted molar refractivity (Wildman–Crippen MR) is 135 cm³/mol. The molecule has 0 saturated carbocycles. The second-order valence-corrected chi connectivity index (χ2v) is 10.1. The van der Waals surface area contributed by atoms with E-state index in [1.807, 2.05) is 11.9 Å². The van der Waals surface area contributed by atoms with Gasteiger partial charge in [-0.1, -0.05) is 13.3 Å². The molecule has 3 rings (SSSR count). The third-order valence-corrected chi connectivity index (χ3v) is 7.12. The molecule has 1 aromatic heterocycles. The van der Waals surface area contributed by atoms with E-state index in [4.69, 9.17) is 23.6 Å². The summed E-state index contributed by atoms with van der Waals surface area (Å²) < 4.78 is 50.7. The lowest BCUT2D eigenvalue weighted by Crippen LogP contribution is -2.43. The smallest absolute Gasteiger partial charge is 0.497 e. The van der Waals surface area contributed by atoms with Gasteiger partial charge in [0.2, 0.25) is 0 Å². The molecule has 2 heterocycles. The van der Waals surface area contributed by atoms with Gasteiger partial charge in [0, 0.05) is 12.3 Å². The van der Waals surface area contributed by atoms with Gasteiger partial charge in [0.15, 0.2) is 23.7 Å². The zero-order valence-corrected chi connectivity index (χ0v) is 22.8. The molecule has 1 aliphatic heterocycles. The molecule has 214 valence electrons. The number of aromatic nitrogens is 2. The fourth-order valence-corrected chi connectivity index (χ4v) is 4.61. The standard InChI is InChI=1S/C24H31FN3O10P/c1-5-6-13-35-21(31)15(2)28(38-17-9-7-16(34-4)8-10-17)39(33)36-14-18-20(30)24(3,25)22(37-18)27-12-11-19(29)26-23(27)32/h7-12,15,18,20,22,30H,5-6,13-14H2,1-4H3/p+1/t15?,18-,20-,22-,24-/m1/s1. The molecule has 0 amide bonds. The number of hydrogen-bond acceptors (Lipinski definition) is 10. The predicted octanol–water partition coefficient (Wildman–Crippen LogP) is 2.23. The van der Waals surface area contributed by atoms with Crippen molar-refractivity contribution in [1.29, 1.82) is 0 Å². The molecule has 1 fully saturated rings. The minimum atomic E-state index is -2.92. The number of nitrogens with zero attached hydrogens (tertiary/aromatic N) is 2. The number of aliphatic hydroxyl groups excluding tert-OH is 1. The first-order chi connectivity index (χ1) is 18.5. The molecule has 15 heteroatoms. The van der Waals surface area contributed by atoms with Gasteiger partial charge in [-0.15, -0.1) is 4.52 Å². The summed E-state index contributed by atoms with van der Waals surface area (Å²) in [7, 11) is -1.43. The Kier molecular flexibility index (Phi) is 10.3. The Balaban J connectivity index is 1.75. The first-order valence-corrected chi connectivity index (χ1v) is 13.3. The molecule has 1 aromatic carbocycles. The third-order valence-electron chi connectivity index (χ3n) is 6.00. The summed E-state index contributed by atoms with van der Waals surface area (Å²) in [5.74, 6) is 0.0382. The normalized spacial score (nSPS) is 23.9. The second-order valence-electron chi connectivity index (χ2n) is 8.94. The summed E-state index contributed by atoms with van der Waals surface area (Å²) in [4.78, 5) is 44.6. The molecular formula is C24H32FN3O10P+. The molecule has 1 aliphatic rings. The van der Waals surface area contributed by atoms with Crippen LogP contribution < -0.4 is 20.8 Å². The Hall–Kier alpha value is -3.16. The summed E-state index contributed by atoms with van der Waals surface area (Å²) >= 11 is 0. The molecule has 6 atom stereocenters. The van der Waals surface area contributed by atoms with E-state index in [9.17, 15) is 24.1 Å². The summed E-state index contributed by atoms with van der Waals surface area (Å²) in [6.07, 6.45) is -2.29. The number of aromatic amines is 1. The highest BCUT2D eigenvalue weighted by molar-refractivity contribution is 7.36. The first kappa shape index (κ1) is 30.4. The highest BCUT2D eigenvalue weighted by Crippen LogP contribution is 2.42.